The molecule has 0 aliphatic heterocycles. The summed E-state index contributed by atoms with van der Waals surface area (Å²) in [6.45, 7) is 9.84. The summed E-state index contributed by atoms with van der Waals surface area (Å²) in [5.74, 6) is 0.466. The fraction of sp³-hybridized carbons (Fsp3) is 0.786. The Balaban J connectivity index is 2.65. The van der Waals surface area contributed by atoms with E-state index in [0.717, 1.165) is 12.8 Å². The van der Waals surface area contributed by atoms with Gasteiger partial charge in [-0.15, -0.1) is 0 Å². The Morgan fingerprint density at radius 2 is 1.82 bits per heavy atom. The molecule has 1 aromatic rings. The van der Waals surface area contributed by atoms with Crippen molar-refractivity contribution in [3.8, 4) is 0 Å². The van der Waals surface area contributed by atoms with Crippen LogP contribution in [-0.2, 0) is 11.3 Å². The van der Waals surface area contributed by atoms with Crippen molar-refractivity contribution in [2.45, 2.75) is 47.1 Å². The summed E-state index contributed by atoms with van der Waals surface area (Å²) >= 11 is 0. The number of aromatic nitrogens is 3. The van der Waals surface area contributed by atoms with Gasteiger partial charge in [0.1, 0.15) is 6.54 Å². The van der Waals surface area contributed by atoms with E-state index in [1.54, 1.807) is 0 Å². The van der Waals surface area contributed by atoms with Crippen LogP contribution < -0.4 is 0 Å². The monoisotopic (exact) mass is 311 g/mol. The normalized spacial score (nSPS) is 11.2. The number of nitro groups is 1. The minimum Gasteiger partial charge on any atom is -0.390 e. The second-order valence-corrected chi connectivity index (χ2v) is 6.25. The molecule has 0 radical (unpaired) electrons. The predicted molar refractivity (Wildman–Crippen MR) is 82.2 cm³/mol. The Morgan fingerprint density at radius 3 is 2.23 bits per heavy atom. The zero-order valence-corrected chi connectivity index (χ0v) is 13.7. The minimum atomic E-state index is -0.670. The number of amides is 1. The maximum atomic E-state index is 12.4. The number of nitrogens with zero attached hydrogens (tertiary/aromatic N) is 5. The minimum absolute atomic E-state index is 0.0168. The number of hydrogen-bond donors (Lipinski definition) is 0. The third kappa shape index (κ3) is 6.19. The lowest BCUT2D eigenvalue weighted by molar-refractivity contribution is -0.394. The fourth-order valence-corrected chi connectivity index (χ4v) is 1.87. The summed E-state index contributed by atoms with van der Waals surface area (Å²) in [6, 6.07) is 0. The number of carbonyl (C=O) groups is 1. The van der Waals surface area contributed by atoms with E-state index >= 15 is 0 Å². The predicted octanol–water partition coefficient (Wildman–Crippen LogP) is 2.11. The van der Waals surface area contributed by atoms with Crippen LogP contribution in [0, 0.1) is 22.0 Å². The van der Waals surface area contributed by atoms with Gasteiger partial charge in [0.25, 0.3) is 0 Å². The fourth-order valence-electron chi connectivity index (χ4n) is 1.87. The SMILES string of the molecule is CC(C)CCN(CCC(C)C)C(=O)Cn1cnc([N+](=O)[O-])n1. The van der Waals surface area contributed by atoms with Crippen molar-refractivity contribution < 1.29 is 9.72 Å². The molecule has 8 nitrogen and oxygen atoms in total. The van der Waals surface area contributed by atoms with Crippen LogP contribution in [-0.4, -0.2) is 43.6 Å². The van der Waals surface area contributed by atoms with Crippen LogP contribution in [0.25, 0.3) is 0 Å². The highest BCUT2D eigenvalue weighted by molar-refractivity contribution is 5.75. The average Bonchev–Trinajstić information content (AvgIpc) is 2.86. The smallest absolute Gasteiger partial charge is 0.390 e. The molecule has 8 heteroatoms. The van der Waals surface area contributed by atoms with E-state index in [-0.39, 0.29) is 12.5 Å². The van der Waals surface area contributed by atoms with Crippen molar-refractivity contribution in [3.05, 3.63) is 16.4 Å². The second kappa shape index (κ2) is 8.45. The van der Waals surface area contributed by atoms with Gasteiger partial charge in [-0.3, -0.25) is 4.79 Å². The zero-order chi connectivity index (χ0) is 16.7. The van der Waals surface area contributed by atoms with E-state index in [1.165, 1.54) is 11.0 Å². The molecule has 0 aromatic carbocycles. The molecule has 1 amide bonds. The van der Waals surface area contributed by atoms with Gasteiger partial charge in [-0.2, -0.15) is 4.68 Å². The third-order valence-electron chi connectivity index (χ3n) is 3.29. The van der Waals surface area contributed by atoms with Gasteiger partial charge < -0.3 is 15.0 Å². The van der Waals surface area contributed by atoms with Crippen LogP contribution in [0.15, 0.2) is 6.33 Å². The van der Waals surface area contributed by atoms with Crippen LogP contribution in [0.2, 0.25) is 0 Å². The molecule has 1 aromatic heterocycles. The van der Waals surface area contributed by atoms with Crippen molar-refractivity contribution in [1.82, 2.24) is 19.7 Å². The Labute approximate surface area is 130 Å². The van der Waals surface area contributed by atoms with E-state index in [2.05, 4.69) is 37.8 Å². The molecule has 0 fully saturated rings. The van der Waals surface area contributed by atoms with Crippen molar-refractivity contribution >= 4 is 11.9 Å². The first kappa shape index (κ1) is 18.1. The lowest BCUT2D eigenvalue weighted by Gasteiger charge is -2.24. The van der Waals surface area contributed by atoms with Crippen LogP contribution in [0.1, 0.15) is 40.5 Å². The van der Waals surface area contributed by atoms with E-state index in [4.69, 9.17) is 0 Å². The van der Waals surface area contributed by atoms with E-state index in [0.29, 0.717) is 24.9 Å². The Bertz CT molecular complexity index is 486. The zero-order valence-electron chi connectivity index (χ0n) is 13.7. The molecule has 124 valence electrons. The average molecular weight is 311 g/mol. The molecule has 0 unspecified atom stereocenters. The van der Waals surface area contributed by atoms with Crippen LogP contribution in [0.5, 0.6) is 0 Å². The summed E-state index contributed by atoms with van der Waals surface area (Å²) in [5.41, 5.74) is 0. The lowest BCUT2D eigenvalue weighted by atomic mass is 10.1. The molecule has 0 saturated carbocycles. The molecule has 0 bridgehead atoms. The highest BCUT2D eigenvalue weighted by Gasteiger charge is 2.19. The first-order valence-corrected chi connectivity index (χ1v) is 7.61. The van der Waals surface area contributed by atoms with E-state index < -0.39 is 10.9 Å². The molecule has 0 saturated heterocycles. The van der Waals surface area contributed by atoms with Crippen LogP contribution >= 0.6 is 0 Å². The van der Waals surface area contributed by atoms with Crippen molar-refractivity contribution in [1.29, 1.82) is 0 Å². The van der Waals surface area contributed by atoms with E-state index in [9.17, 15) is 14.9 Å². The molecule has 0 aliphatic rings. The molecule has 22 heavy (non-hydrogen) atoms. The Kier molecular flexibility index (Phi) is 6.94. The van der Waals surface area contributed by atoms with Gasteiger partial charge in [0, 0.05) is 18.2 Å². The summed E-state index contributed by atoms with van der Waals surface area (Å²) in [7, 11) is 0. The van der Waals surface area contributed by atoms with Crippen LogP contribution in [0.3, 0.4) is 0 Å². The first-order valence-electron chi connectivity index (χ1n) is 7.61. The standard InChI is InChI=1S/C14H25N5O3/c1-11(2)5-7-17(8-6-12(3)4)13(20)9-18-10-15-14(16-18)19(21)22/h10-12H,5-9H2,1-4H3. The second-order valence-electron chi connectivity index (χ2n) is 6.25. The molecular formula is C14H25N5O3. The van der Waals surface area contributed by atoms with Gasteiger partial charge in [-0.1, -0.05) is 32.7 Å². The van der Waals surface area contributed by atoms with Crippen molar-refractivity contribution in [2.75, 3.05) is 13.1 Å². The van der Waals surface area contributed by atoms with Gasteiger partial charge in [0.05, 0.1) is 0 Å². The van der Waals surface area contributed by atoms with Crippen molar-refractivity contribution in [2.24, 2.45) is 11.8 Å². The topological polar surface area (TPSA) is 94.2 Å². The number of carbonyl (C=O) groups excluding carboxylic acids is 1. The highest BCUT2D eigenvalue weighted by atomic mass is 16.6. The maximum absolute atomic E-state index is 12.4. The van der Waals surface area contributed by atoms with Crippen LogP contribution in [0.4, 0.5) is 5.95 Å². The van der Waals surface area contributed by atoms with Crippen molar-refractivity contribution in [3.63, 3.8) is 0 Å². The number of rotatable bonds is 9. The van der Waals surface area contributed by atoms with Gasteiger partial charge in [0.2, 0.25) is 12.2 Å². The highest BCUT2D eigenvalue weighted by Crippen LogP contribution is 2.08. The molecular weight excluding hydrogens is 286 g/mol. The molecule has 0 aliphatic carbocycles. The molecule has 1 heterocycles. The quantitative estimate of drug-likeness (QED) is 0.514. The Hall–Kier alpha value is -1.99. The van der Waals surface area contributed by atoms with E-state index in [1.807, 2.05) is 4.90 Å². The largest absolute Gasteiger partial charge is 0.490 e. The molecule has 1 rings (SSSR count). The van der Waals surface area contributed by atoms with Gasteiger partial charge in [-0.25, -0.2) is 0 Å². The van der Waals surface area contributed by atoms with Gasteiger partial charge in [0.15, 0.2) is 0 Å². The third-order valence-corrected chi connectivity index (χ3v) is 3.29. The maximum Gasteiger partial charge on any atom is 0.490 e. The lowest BCUT2D eigenvalue weighted by Crippen LogP contribution is -2.36. The summed E-state index contributed by atoms with van der Waals surface area (Å²) in [4.78, 5) is 27.6. The molecule has 0 N–H and O–H groups in total. The number of hydrogen-bond acceptors (Lipinski definition) is 5. The summed E-state index contributed by atoms with van der Waals surface area (Å²) in [5, 5.41) is 14.2. The van der Waals surface area contributed by atoms with Gasteiger partial charge in [-0.05, 0) is 29.6 Å². The first-order chi connectivity index (χ1) is 10.3. The Morgan fingerprint density at radius 1 is 1.27 bits per heavy atom. The molecule has 0 spiro atoms. The van der Waals surface area contributed by atoms with Gasteiger partial charge >= 0.3 is 5.95 Å². The summed E-state index contributed by atoms with van der Waals surface area (Å²) < 4.78 is 1.22. The summed E-state index contributed by atoms with van der Waals surface area (Å²) in [6.07, 6.45) is 3.09. The molecule has 0 atom stereocenters.